The van der Waals surface area contributed by atoms with Gasteiger partial charge in [0.1, 0.15) is 17.4 Å². The Morgan fingerprint density at radius 1 is 0.944 bits per heavy atom. The molecule has 0 bridgehead atoms. The van der Waals surface area contributed by atoms with Crippen molar-refractivity contribution in [3.8, 4) is 5.75 Å². The van der Waals surface area contributed by atoms with Crippen LogP contribution in [0.1, 0.15) is 42.7 Å². The topological polar surface area (TPSA) is 54.5 Å². The fourth-order valence-electron chi connectivity index (χ4n) is 5.55. The number of amides is 1. The predicted octanol–water partition coefficient (Wildman–Crippen LogP) is 6.30. The minimum Gasteiger partial charge on any atom is -0.497 e. The maximum atomic E-state index is 13.5. The van der Waals surface area contributed by atoms with E-state index in [2.05, 4.69) is 58.7 Å². The SMILES string of the molecule is COc1ccc(C2(C(=O)Nc3cc4ccccc4c(N4CCC(c5ccccc5)CC4)n3)CC2)cc1. The minimum absolute atomic E-state index is 0.0178. The lowest BCUT2D eigenvalue weighted by molar-refractivity contribution is -0.118. The first-order valence-electron chi connectivity index (χ1n) is 12.8. The van der Waals surface area contributed by atoms with E-state index < -0.39 is 5.41 Å². The fraction of sp³-hybridized carbons (Fsp3) is 0.290. The molecule has 6 rings (SSSR count). The van der Waals surface area contributed by atoms with Crippen molar-refractivity contribution in [1.29, 1.82) is 0 Å². The van der Waals surface area contributed by atoms with Gasteiger partial charge in [0.2, 0.25) is 5.91 Å². The highest BCUT2D eigenvalue weighted by Gasteiger charge is 2.51. The summed E-state index contributed by atoms with van der Waals surface area (Å²) in [5.74, 6) is 2.98. The summed E-state index contributed by atoms with van der Waals surface area (Å²) in [6.07, 6.45) is 3.88. The number of rotatable bonds is 6. The van der Waals surface area contributed by atoms with Crippen molar-refractivity contribution in [3.63, 3.8) is 0 Å². The van der Waals surface area contributed by atoms with E-state index in [1.54, 1.807) is 7.11 Å². The first-order chi connectivity index (χ1) is 17.7. The smallest absolute Gasteiger partial charge is 0.236 e. The number of anilines is 2. The molecule has 1 saturated carbocycles. The molecule has 5 nitrogen and oxygen atoms in total. The number of fused-ring (bicyclic) bond motifs is 1. The summed E-state index contributed by atoms with van der Waals surface area (Å²) in [6, 6.07) is 29.0. The van der Waals surface area contributed by atoms with Crippen molar-refractivity contribution in [2.24, 2.45) is 0 Å². The van der Waals surface area contributed by atoms with Gasteiger partial charge in [-0.05, 0) is 66.3 Å². The molecule has 1 aliphatic carbocycles. The van der Waals surface area contributed by atoms with Crippen LogP contribution in [0.5, 0.6) is 5.75 Å². The number of methoxy groups -OCH3 is 1. The molecular weight excluding hydrogens is 446 g/mol. The summed E-state index contributed by atoms with van der Waals surface area (Å²) in [4.78, 5) is 20.9. The number of carbonyl (C=O) groups is 1. The molecule has 1 N–H and O–H groups in total. The quantitative estimate of drug-likeness (QED) is 0.354. The van der Waals surface area contributed by atoms with E-state index in [1.807, 2.05) is 36.4 Å². The lowest BCUT2D eigenvalue weighted by Gasteiger charge is -2.34. The molecule has 36 heavy (non-hydrogen) atoms. The summed E-state index contributed by atoms with van der Waals surface area (Å²) < 4.78 is 5.29. The normalized spacial score (nSPS) is 17.1. The van der Waals surface area contributed by atoms with E-state index in [1.165, 1.54) is 5.56 Å². The molecule has 3 aromatic carbocycles. The van der Waals surface area contributed by atoms with E-state index in [-0.39, 0.29) is 5.91 Å². The Morgan fingerprint density at radius 3 is 2.33 bits per heavy atom. The number of benzene rings is 3. The largest absolute Gasteiger partial charge is 0.497 e. The highest BCUT2D eigenvalue weighted by Crippen LogP contribution is 2.49. The number of ether oxygens (including phenoxy) is 1. The van der Waals surface area contributed by atoms with E-state index in [9.17, 15) is 4.79 Å². The van der Waals surface area contributed by atoms with Crippen molar-refractivity contribution in [2.75, 3.05) is 30.4 Å². The Kier molecular flexibility index (Phi) is 5.84. The van der Waals surface area contributed by atoms with E-state index in [0.29, 0.717) is 11.7 Å². The van der Waals surface area contributed by atoms with E-state index in [0.717, 1.165) is 66.7 Å². The minimum atomic E-state index is -0.478. The van der Waals surface area contributed by atoms with Crippen molar-refractivity contribution in [3.05, 3.63) is 96.1 Å². The third kappa shape index (κ3) is 4.19. The molecule has 1 aromatic heterocycles. The first kappa shape index (κ1) is 22.6. The van der Waals surface area contributed by atoms with Crippen LogP contribution in [0, 0.1) is 0 Å². The predicted molar refractivity (Wildman–Crippen MR) is 145 cm³/mol. The monoisotopic (exact) mass is 477 g/mol. The Balaban J connectivity index is 1.25. The molecule has 0 radical (unpaired) electrons. The number of hydrogen-bond donors (Lipinski definition) is 1. The molecule has 0 spiro atoms. The zero-order chi connectivity index (χ0) is 24.5. The van der Waals surface area contributed by atoms with Gasteiger partial charge in [-0.3, -0.25) is 4.79 Å². The molecule has 5 heteroatoms. The van der Waals surface area contributed by atoms with Crippen LogP contribution < -0.4 is 15.0 Å². The molecular formula is C31H31N3O2. The highest BCUT2D eigenvalue weighted by atomic mass is 16.5. The van der Waals surface area contributed by atoms with E-state index in [4.69, 9.17) is 9.72 Å². The van der Waals surface area contributed by atoms with Gasteiger partial charge in [0, 0.05) is 18.5 Å². The van der Waals surface area contributed by atoms with Crippen LogP contribution in [0.15, 0.2) is 84.9 Å². The summed E-state index contributed by atoms with van der Waals surface area (Å²) in [5.41, 5.74) is 1.97. The van der Waals surface area contributed by atoms with Gasteiger partial charge in [-0.25, -0.2) is 4.98 Å². The Bertz CT molecular complexity index is 1370. The summed E-state index contributed by atoms with van der Waals surface area (Å²) >= 11 is 0. The van der Waals surface area contributed by atoms with Crippen LogP contribution in [-0.2, 0) is 10.2 Å². The molecule has 1 amide bonds. The maximum Gasteiger partial charge on any atom is 0.236 e. The number of hydrogen-bond acceptors (Lipinski definition) is 4. The summed E-state index contributed by atoms with van der Waals surface area (Å²) in [7, 11) is 1.65. The number of piperidine rings is 1. The number of pyridine rings is 1. The molecule has 2 heterocycles. The van der Waals surface area contributed by atoms with Crippen molar-refractivity contribution in [1.82, 2.24) is 4.98 Å². The second kappa shape index (κ2) is 9.30. The third-order valence-corrected chi connectivity index (χ3v) is 7.85. The Labute approximate surface area is 212 Å². The zero-order valence-electron chi connectivity index (χ0n) is 20.6. The summed E-state index contributed by atoms with van der Waals surface area (Å²) in [5, 5.41) is 5.39. The second-order valence-electron chi connectivity index (χ2n) is 9.99. The van der Waals surface area contributed by atoms with Gasteiger partial charge in [0.15, 0.2) is 0 Å². The molecule has 4 aromatic rings. The van der Waals surface area contributed by atoms with Crippen molar-refractivity contribution < 1.29 is 9.53 Å². The average Bonchev–Trinajstić information content (AvgIpc) is 3.76. The summed E-state index contributed by atoms with van der Waals surface area (Å²) in [6.45, 7) is 1.90. The van der Waals surface area contributed by atoms with E-state index >= 15 is 0 Å². The van der Waals surface area contributed by atoms with Gasteiger partial charge in [-0.2, -0.15) is 0 Å². The van der Waals surface area contributed by atoms with Crippen LogP contribution >= 0.6 is 0 Å². The number of carbonyl (C=O) groups excluding carboxylic acids is 1. The van der Waals surface area contributed by atoms with Gasteiger partial charge in [-0.1, -0.05) is 66.7 Å². The Morgan fingerprint density at radius 2 is 1.64 bits per heavy atom. The zero-order valence-corrected chi connectivity index (χ0v) is 20.6. The van der Waals surface area contributed by atoms with Gasteiger partial charge >= 0.3 is 0 Å². The standard InChI is InChI=1S/C31H31N3O2/c1-36-26-13-11-25(12-14-26)31(17-18-31)30(35)33-28-21-24-9-5-6-10-27(24)29(32-28)34-19-15-23(16-20-34)22-7-3-2-4-8-22/h2-14,21,23H,15-20H2,1H3,(H,32,33,35). The molecule has 0 atom stereocenters. The van der Waals surface area contributed by atoms with Crippen LogP contribution in [0.25, 0.3) is 10.8 Å². The molecule has 1 saturated heterocycles. The van der Waals surface area contributed by atoms with Crippen LogP contribution in [0.2, 0.25) is 0 Å². The first-order valence-corrected chi connectivity index (χ1v) is 12.8. The lowest BCUT2D eigenvalue weighted by Crippen LogP contribution is -2.34. The average molecular weight is 478 g/mol. The van der Waals surface area contributed by atoms with Crippen molar-refractivity contribution >= 4 is 28.3 Å². The lowest BCUT2D eigenvalue weighted by atomic mass is 9.89. The third-order valence-electron chi connectivity index (χ3n) is 7.85. The maximum absolute atomic E-state index is 13.5. The van der Waals surface area contributed by atoms with Crippen LogP contribution in [0.3, 0.4) is 0 Å². The van der Waals surface area contributed by atoms with Crippen molar-refractivity contribution in [2.45, 2.75) is 37.0 Å². The van der Waals surface area contributed by atoms with Gasteiger partial charge in [-0.15, -0.1) is 0 Å². The second-order valence-corrected chi connectivity index (χ2v) is 9.99. The Hall–Kier alpha value is -3.86. The number of aromatic nitrogens is 1. The highest BCUT2D eigenvalue weighted by molar-refractivity contribution is 6.03. The molecule has 2 fully saturated rings. The van der Waals surface area contributed by atoms with Crippen LogP contribution in [-0.4, -0.2) is 31.1 Å². The molecule has 1 aliphatic heterocycles. The molecule has 182 valence electrons. The van der Waals surface area contributed by atoms with Crippen LogP contribution in [0.4, 0.5) is 11.6 Å². The van der Waals surface area contributed by atoms with Gasteiger partial charge in [0.05, 0.1) is 12.5 Å². The fourth-order valence-corrected chi connectivity index (χ4v) is 5.55. The number of nitrogens with one attached hydrogen (secondary N) is 1. The van der Waals surface area contributed by atoms with Gasteiger partial charge in [0.25, 0.3) is 0 Å². The molecule has 2 aliphatic rings. The van der Waals surface area contributed by atoms with Gasteiger partial charge < -0.3 is 15.0 Å². The number of nitrogens with zero attached hydrogens (tertiary/aromatic N) is 2. The molecule has 0 unspecified atom stereocenters.